The molecule has 0 heterocycles. The molecule has 0 saturated heterocycles. The maximum Gasteiger partial charge on any atom is 0.408 e. The lowest BCUT2D eigenvalue weighted by Crippen LogP contribution is -2.43. The molecule has 1 N–H and O–H groups in total. The Morgan fingerprint density at radius 2 is 1.83 bits per heavy atom. The van der Waals surface area contributed by atoms with E-state index in [-0.39, 0.29) is 18.3 Å². The average Bonchev–Trinajstić information content (AvgIpc) is 2.34. The number of alkyl carbamates (subject to hydrolysis) is 1. The van der Waals surface area contributed by atoms with Crippen LogP contribution in [0.1, 0.15) is 26.3 Å². The summed E-state index contributed by atoms with van der Waals surface area (Å²) in [6.07, 6.45) is -0.562. The molecule has 0 spiro atoms. The zero-order chi connectivity index (χ0) is 13.5. The molecule has 0 bridgehead atoms. The molecule has 4 nitrogen and oxygen atoms in total. The Morgan fingerprint density at radius 1 is 1.22 bits per heavy atom. The zero-order valence-corrected chi connectivity index (χ0v) is 11.0. The highest BCUT2D eigenvalue weighted by atomic mass is 16.5. The lowest BCUT2D eigenvalue weighted by molar-refractivity contribution is -0.119. The van der Waals surface area contributed by atoms with Crippen LogP contribution in [-0.4, -0.2) is 17.9 Å². The summed E-state index contributed by atoms with van der Waals surface area (Å²) in [5, 5.41) is 2.58. The third-order valence-corrected chi connectivity index (χ3v) is 2.59. The fourth-order valence-corrected chi connectivity index (χ4v) is 1.63. The van der Waals surface area contributed by atoms with Gasteiger partial charge in [-0.25, -0.2) is 4.79 Å². The van der Waals surface area contributed by atoms with Gasteiger partial charge >= 0.3 is 6.09 Å². The summed E-state index contributed by atoms with van der Waals surface area (Å²) >= 11 is 0. The van der Waals surface area contributed by atoms with Crippen molar-refractivity contribution in [2.24, 2.45) is 5.92 Å². The maximum atomic E-state index is 11.6. The Labute approximate surface area is 107 Å². The van der Waals surface area contributed by atoms with Crippen molar-refractivity contribution in [1.82, 2.24) is 5.32 Å². The smallest absolute Gasteiger partial charge is 0.408 e. The van der Waals surface area contributed by atoms with Gasteiger partial charge in [-0.2, -0.15) is 0 Å². The van der Waals surface area contributed by atoms with E-state index in [0.29, 0.717) is 0 Å². The highest BCUT2D eigenvalue weighted by Gasteiger charge is 2.21. The van der Waals surface area contributed by atoms with Crippen LogP contribution >= 0.6 is 0 Å². The van der Waals surface area contributed by atoms with Crippen molar-refractivity contribution in [3.63, 3.8) is 0 Å². The number of hydrogen-bond acceptors (Lipinski definition) is 3. The van der Waals surface area contributed by atoms with E-state index < -0.39 is 12.1 Å². The van der Waals surface area contributed by atoms with E-state index >= 15 is 0 Å². The van der Waals surface area contributed by atoms with Gasteiger partial charge < -0.3 is 10.1 Å². The molecule has 1 atom stereocenters. The zero-order valence-electron chi connectivity index (χ0n) is 11.0. The van der Waals surface area contributed by atoms with Crippen molar-refractivity contribution in [1.29, 1.82) is 0 Å². The van der Waals surface area contributed by atoms with E-state index in [4.69, 9.17) is 4.74 Å². The fourth-order valence-electron chi connectivity index (χ4n) is 1.63. The normalized spacial score (nSPS) is 12.0. The number of benzene rings is 1. The van der Waals surface area contributed by atoms with Gasteiger partial charge in [0.15, 0.2) is 5.78 Å². The number of amides is 1. The van der Waals surface area contributed by atoms with Crippen molar-refractivity contribution < 1.29 is 14.3 Å². The van der Waals surface area contributed by atoms with Crippen molar-refractivity contribution >= 4 is 11.9 Å². The SMILES string of the molecule is CC(=O)[C@@H](NC(=O)OCc1ccccc1)C(C)C. The monoisotopic (exact) mass is 249 g/mol. The van der Waals surface area contributed by atoms with Crippen molar-refractivity contribution in [3.05, 3.63) is 35.9 Å². The van der Waals surface area contributed by atoms with Gasteiger partial charge in [-0.05, 0) is 18.4 Å². The highest BCUT2D eigenvalue weighted by Crippen LogP contribution is 2.04. The molecular weight excluding hydrogens is 230 g/mol. The van der Waals surface area contributed by atoms with E-state index in [1.54, 1.807) is 0 Å². The summed E-state index contributed by atoms with van der Waals surface area (Å²) < 4.78 is 5.06. The molecule has 98 valence electrons. The molecule has 0 fully saturated rings. The first kappa shape index (κ1) is 14.2. The number of hydrogen-bond donors (Lipinski definition) is 1. The maximum absolute atomic E-state index is 11.6. The quantitative estimate of drug-likeness (QED) is 0.872. The molecule has 0 aliphatic heterocycles. The van der Waals surface area contributed by atoms with Gasteiger partial charge in [0.1, 0.15) is 6.61 Å². The number of rotatable bonds is 5. The Balaban J connectivity index is 2.44. The number of ketones is 1. The lowest BCUT2D eigenvalue weighted by atomic mass is 10.0. The minimum atomic E-state index is -0.562. The number of Topliss-reactive ketones (excluding diaryl/α,β-unsaturated/α-hetero) is 1. The van der Waals surface area contributed by atoms with Crippen molar-refractivity contribution in [2.75, 3.05) is 0 Å². The third-order valence-electron chi connectivity index (χ3n) is 2.59. The van der Waals surface area contributed by atoms with Gasteiger partial charge in [-0.1, -0.05) is 44.2 Å². The predicted molar refractivity (Wildman–Crippen MR) is 69.1 cm³/mol. The summed E-state index contributed by atoms with van der Waals surface area (Å²) in [7, 11) is 0. The van der Waals surface area contributed by atoms with Gasteiger partial charge in [0.05, 0.1) is 6.04 Å². The molecule has 0 aliphatic rings. The second kappa shape index (κ2) is 6.79. The van der Waals surface area contributed by atoms with Crippen LogP contribution in [0.15, 0.2) is 30.3 Å². The van der Waals surface area contributed by atoms with E-state index in [1.807, 2.05) is 44.2 Å². The van der Waals surface area contributed by atoms with Gasteiger partial charge in [0.2, 0.25) is 0 Å². The standard InChI is InChI=1S/C14H19NO3/c1-10(2)13(11(3)16)15-14(17)18-9-12-7-5-4-6-8-12/h4-8,10,13H,9H2,1-3H3,(H,15,17)/t13-/m0/s1. The van der Waals surface area contributed by atoms with Gasteiger partial charge in [-0.3, -0.25) is 4.79 Å². The second-order valence-corrected chi connectivity index (χ2v) is 4.54. The summed E-state index contributed by atoms with van der Waals surface area (Å²) in [5.74, 6) is -0.0200. The van der Waals surface area contributed by atoms with Crippen LogP contribution in [0.4, 0.5) is 4.79 Å². The van der Waals surface area contributed by atoms with Crippen LogP contribution in [0.25, 0.3) is 0 Å². The highest BCUT2D eigenvalue weighted by molar-refractivity contribution is 5.85. The largest absolute Gasteiger partial charge is 0.445 e. The third kappa shape index (κ3) is 4.57. The second-order valence-electron chi connectivity index (χ2n) is 4.54. The van der Waals surface area contributed by atoms with E-state index in [1.165, 1.54) is 6.92 Å². The molecule has 1 aromatic rings. The Bertz CT molecular complexity index is 401. The summed E-state index contributed by atoms with van der Waals surface area (Å²) in [6.45, 7) is 5.42. The Hall–Kier alpha value is -1.84. The molecule has 0 unspecified atom stereocenters. The van der Waals surface area contributed by atoms with Gasteiger partial charge in [-0.15, -0.1) is 0 Å². The number of carbonyl (C=O) groups excluding carboxylic acids is 2. The topological polar surface area (TPSA) is 55.4 Å². The Kier molecular flexibility index (Phi) is 5.36. The first-order valence-electron chi connectivity index (χ1n) is 5.98. The van der Waals surface area contributed by atoms with Crippen LogP contribution in [0, 0.1) is 5.92 Å². The lowest BCUT2D eigenvalue weighted by Gasteiger charge is -2.19. The molecule has 1 aromatic carbocycles. The molecule has 1 amide bonds. The van der Waals surface area contributed by atoms with Crippen LogP contribution in [0.3, 0.4) is 0 Å². The summed E-state index contributed by atoms with van der Waals surface area (Å²) in [4.78, 5) is 22.9. The van der Waals surface area contributed by atoms with Gasteiger partial charge in [0, 0.05) is 0 Å². The van der Waals surface area contributed by atoms with Crippen LogP contribution < -0.4 is 5.32 Å². The minimum absolute atomic E-state index is 0.0479. The average molecular weight is 249 g/mol. The fraction of sp³-hybridized carbons (Fsp3) is 0.429. The van der Waals surface area contributed by atoms with Crippen molar-refractivity contribution in [3.8, 4) is 0 Å². The van der Waals surface area contributed by atoms with Crippen LogP contribution in [-0.2, 0) is 16.1 Å². The molecule has 4 heteroatoms. The molecule has 0 aliphatic carbocycles. The molecule has 0 aromatic heterocycles. The molecular formula is C14H19NO3. The summed E-state index contributed by atoms with van der Waals surface area (Å²) in [6, 6.07) is 8.91. The predicted octanol–water partition coefficient (Wildman–Crippen LogP) is 2.53. The van der Waals surface area contributed by atoms with Gasteiger partial charge in [0.25, 0.3) is 0 Å². The number of ether oxygens (including phenoxy) is 1. The van der Waals surface area contributed by atoms with Crippen LogP contribution in [0.5, 0.6) is 0 Å². The number of nitrogens with one attached hydrogen (secondary N) is 1. The number of carbonyl (C=O) groups is 2. The minimum Gasteiger partial charge on any atom is -0.445 e. The van der Waals surface area contributed by atoms with E-state index in [9.17, 15) is 9.59 Å². The van der Waals surface area contributed by atoms with Crippen molar-refractivity contribution in [2.45, 2.75) is 33.4 Å². The van der Waals surface area contributed by atoms with Crippen LogP contribution in [0.2, 0.25) is 0 Å². The van der Waals surface area contributed by atoms with E-state index in [0.717, 1.165) is 5.56 Å². The first-order chi connectivity index (χ1) is 8.50. The summed E-state index contributed by atoms with van der Waals surface area (Å²) in [5.41, 5.74) is 0.913. The molecule has 0 radical (unpaired) electrons. The molecule has 0 saturated carbocycles. The molecule has 18 heavy (non-hydrogen) atoms. The Morgan fingerprint density at radius 3 is 2.33 bits per heavy atom. The van der Waals surface area contributed by atoms with E-state index in [2.05, 4.69) is 5.32 Å². The molecule has 1 rings (SSSR count). The first-order valence-corrected chi connectivity index (χ1v) is 5.98.